The molecule has 7 heteroatoms. The summed E-state index contributed by atoms with van der Waals surface area (Å²) in [6.45, 7) is 4.74. The summed E-state index contributed by atoms with van der Waals surface area (Å²) < 4.78 is 5.18. The number of benzene rings is 2. The number of carbonyl (C=O) groups excluding carboxylic acids is 2. The highest BCUT2D eigenvalue weighted by Crippen LogP contribution is 2.34. The number of hydrogen-bond acceptors (Lipinski definition) is 5. The van der Waals surface area contributed by atoms with Crippen LogP contribution in [-0.4, -0.2) is 30.5 Å². The second kappa shape index (κ2) is 8.89. The molecule has 1 atom stereocenters. The molecule has 0 radical (unpaired) electrons. The summed E-state index contributed by atoms with van der Waals surface area (Å²) >= 11 is 1.38. The number of nitrogens with one attached hydrogen (secondary N) is 1. The van der Waals surface area contributed by atoms with Crippen LogP contribution in [-0.2, 0) is 11.2 Å². The maximum Gasteiger partial charge on any atom is 0.257 e. The lowest BCUT2D eigenvalue weighted by Gasteiger charge is -2.21. The number of carbonyl (C=O) groups is 2. The van der Waals surface area contributed by atoms with E-state index in [4.69, 9.17) is 4.74 Å². The number of aromatic nitrogens is 1. The van der Waals surface area contributed by atoms with Crippen LogP contribution in [0.15, 0.2) is 47.8 Å². The summed E-state index contributed by atoms with van der Waals surface area (Å²) in [6, 6.07) is 13.1. The van der Waals surface area contributed by atoms with Gasteiger partial charge in [-0.3, -0.25) is 14.9 Å². The quantitative estimate of drug-likeness (QED) is 0.591. The Bertz CT molecular complexity index is 1120. The topological polar surface area (TPSA) is 71.5 Å². The molecule has 0 saturated heterocycles. The first-order valence-electron chi connectivity index (χ1n) is 10.4. The van der Waals surface area contributed by atoms with Crippen molar-refractivity contribution in [3.63, 3.8) is 0 Å². The normalized spacial score (nSPS) is 13.6. The number of ether oxygens (including phenoxy) is 1. The van der Waals surface area contributed by atoms with Gasteiger partial charge in [-0.05, 0) is 48.7 Å². The van der Waals surface area contributed by atoms with Crippen LogP contribution >= 0.6 is 11.3 Å². The van der Waals surface area contributed by atoms with Crippen LogP contribution < -0.4 is 15.0 Å². The zero-order valence-corrected chi connectivity index (χ0v) is 18.7. The van der Waals surface area contributed by atoms with Crippen LogP contribution in [0.25, 0.3) is 11.3 Å². The van der Waals surface area contributed by atoms with Crippen LogP contribution in [0.1, 0.15) is 36.2 Å². The lowest BCUT2D eigenvalue weighted by molar-refractivity contribution is -0.121. The minimum atomic E-state index is -0.229. The van der Waals surface area contributed by atoms with Gasteiger partial charge in [0.1, 0.15) is 5.75 Å². The van der Waals surface area contributed by atoms with Gasteiger partial charge in [-0.15, -0.1) is 11.3 Å². The van der Waals surface area contributed by atoms with Crippen molar-refractivity contribution in [2.45, 2.75) is 26.7 Å². The molecule has 4 rings (SSSR count). The first-order valence-corrected chi connectivity index (χ1v) is 11.2. The molecule has 0 spiro atoms. The molecule has 3 aromatic rings. The maximum absolute atomic E-state index is 12.6. The van der Waals surface area contributed by atoms with Crippen LogP contribution in [0.5, 0.6) is 5.75 Å². The summed E-state index contributed by atoms with van der Waals surface area (Å²) in [7, 11) is 1.57. The summed E-state index contributed by atoms with van der Waals surface area (Å²) in [5.41, 5.74) is 4.45. The molecule has 0 bridgehead atoms. The van der Waals surface area contributed by atoms with Gasteiger partial charge < -0.3 is 9.64 Å². The van der Waals surface area contributed by atoms with Crippen LogP contribution in [0, 0.1) is 5.92 Å². The molecule has 0 saturated carbocycles. The van der Waals surface area contributed by atoms with Gasteiger partial charge in [-0.1, -0.05) is 26.0 Å². The Morgan fingerprint density at radius 2 is 2.10 bits per heavy atom. The molecule has 0 fully saturated rings. The van der Waals surface area contributed by atoms with Crippen molar-refractivity contribution in [3.8, 4) is 17.0 Å². The highest BCUT2D eigenvalue weighted by atomic mass is 32.1. The lowest BCUT2D eigenvalue weighted by Crippen LogP contribution is -2.33. The molecule has 6 nitrogen and oxygen atoms in total. The van der Waals surface area contributed by atoms with Crippen molar-refractivity contribution in [2.24, 2.45) is 5.92 Å². The molecule has 1 N–H and O–H groups in total. The summed E-state index contributed by atoms with van der Waals surface area (Å²) in [5, 5.41) is 5.32. The average molecular weight is 436 g/mol. The zero-order chi connectivity index (χ0) is 22.0. The van der Waals surface area contributed by atoms with Crippen molar-refractivity contribution >= 4 is 34.0 Å². The van der Waals surface area contributed by atoms with Crippen molar-refractivity contribution in [1.82, 2.24) is 4.98 Å². The van der Waals surface area contributed by atoms with E-state index in [0.717, 1.165) is 41.9 Å². The summed E-state index contributed by atoms with van der Waals surface area (Å²) in [4.78, 5) is 31.6. The van der Waals surface area contributed by atoms with Gasteiger partial charge in [0.05, 0.1) is 12.8 Å². The number of nitrogens with zero attached hydrogens (tertiary/aromatic N) is 2. The van der Waals surface area contributed by atoms with E-state index < -0.39 is 0 Å². The van der Waals surface area contributed by atoms with Gasteiger partial charge in [0, 0.05) is 34.7 Å². The van der Waals surface area contributed by atoms with E-state index >= 15 is 0 Å². The Labute approximate surface area is 185 Å². The number of methoxy groups -OCH3 is 1. The highest BCUT2D eigenvalue weighted by molar-refractivity contribution is 7.14. The van der Waals surface area contributed by atoms with Crippen molar-refractivity contribution in [1.29, 1.82) is 0 Å². The third-order valence-corrected chi connectivity index (χ3v) is 6.39. The minimum absolute atomic E-state index is 0.0277. The molecule has 160 valence electrons. The number of amides is 2. The Hall–Kier alpha value is -3.19. The fourth-order valence-corrected chi connectivity index (χ4v) is 4.34. The van der Waals surface area contributed by atoms with E-state index in [1.54, 1.807) is 31.4 Å². The Kier molecular flexibility index (Phi) is 6.04. The van der Waals surface area contributed by atoms with Crippen molar-refractivity contribution in [2.75, 3.05) is 23.9 Å². The molecule has 2 amide bonds. The SMILES string of the molecule is CCC(C)C(=O)N1CCc2cc(-c3csc(NC(=O)c4cccc(OC)c4)n3)ccc21. The van der Waals surface area contributed by atoms with Crippen molar-refractivity contribution < 1.29 is 14.3 Å². The largest absolute Gasteiger partial charge is 0.497 e. The predicted molar refractivity (Wildman–Crippen MR) is 124 cm³/mol. The molecule has 0 aliphatic carbocycles. The van der Waals surface area contributed by atoms with Crippen LogP contribution in [0.3, 0.4) is 0 Å². The standard InChI is InChI=1S/C24H25N3O3S/c1-4-15(2)23(29)27-11-10-17-12-16(8-9-21(17)27)20-14-31-24(25-20)26-22(28)18-6-5-7-19(13-18)30-3/h5-9,12-15H,4,10-11H2,1-3H3,(H,25,26,28). The smallest absolute Gasteiger partial charge is 0.257 e. The van der Waals surface area contributed by atoms with Crippen molar-refractivity contribution in [3.05, 3.63) is 59.0 Å². The van der Waals surface area contributed by atoms with E-state index in [2.05, 4.69) is 16.4 Å². The monoisotopic (exact) mass is 435 g/mol. The van der Waals surface area contributed by atoms with Gasteiger partial charge in [0.2, 0.25) is 5.91 Å². The van der Waals surface area contributed by atoms with Crippen LogP contribution in [0.2, 0.25) is 0 Å². The van der Waals surface area contributed by atoms with Gasteiger partial charge in [-0.25, -0.2) is 4.98 Å². The fraction of sp³-hybridized carbons (Fsp3) is 0.292. The molecular weight excluding hydrogens is 410 g/mol. The Morgan fingerprint density at radius 3 is 2.87 bits per heavy atom. The first-order chi connectivity index (χ1) is 15.0. The number of thiazole rings is 1. The van der Waals surface area contributed by atoms with E-state index in [-0.39, 0.29) is 17.7 Å². The summed E-state index contributed by atoms with van der Waals surface area (Å²) in [6.07, 6.45) is 1.68. The Morgan fingerprint density at radius 1 is 1.26 bits per heavy atom. The first kappa shape index (κ1) is 21.1. The number of rotatable bonds is 6. The zero-order valence-electron chi connectivity index (χ0n) is 17.8. The molecule has 1 aliphatic heterocycles. The molecule has 1 aromatic heterocycles. The molecule has 1 aliphatic rings. The number of anilines is 2. The van der Waals surface area contributed by atoms with E-state index in [1.807, 2.05) is 36.3 Å². The molecular formula is C24H25N3O3S. The third kappa shape index (κ3) is 4.32. The van der Waals surface area contributed by atoms with E-state index in [0.29, 0.717) is 16.4 Å². The van der Waals surface area contributed by atoms with Crippen LogP contribution in [0.4, 0.5) is 10.8 Å². The number of fused-ring (bicyclic) bond motifs is 1. The average Bonchev–Trinajstić information content (AvgIpc) is 3.44. The van der Waals surface area contributed by atoms with Gasteiger partial charge in [0.25, 0.3) is 5.91 Å². The molecule has 2 heterocycles. The molecule has 31 heavy (non-hydrogen) atoms. The van der Waals surface area contributed by atoms with Gasteiger partial charge in [-0.2, -0.15) is 0 Å². The predicted octanol–water partition coefficient (Wildman–Crippen LogP) is 5.01. The second-order valence-corrected chi connectivity index (χ2v) is 8.47. The molecule has 2 aromatic carbocycles. The van der Waals surface area contributed by atoms with E-state index in [9.17, 15) is 9.59 Å². The minimum Gasteiger partial charge on any atom is -0.497 e. The fourth-order valence-electron chi connectivity index (χ4n) is 3.63. The highest BCUT2D eigenvalue weighted by Gasteiger charge is 2.27. The van der Waals surface area contributed by atoms with Gasteiger partial charge in [0.15, 0.2) is 5.13 Å². The second-order valence-electron chi connectivity index (χ2n) is 7.62. The Balaban J connectivity index is 1.49. The summed E-state index contributed by atoms with van der Waals surface area (Å²) in [5.74, 6) is 0.615. The number of hydrogen-bond donors (Lipinski definition) is 1. The van der Waals surface area contributed by atoms with E-state index in [1.165, 1.54) is 11.3 Å². The van der Waals surface area contributed by atoms with Gasteiger partial charge >= 0.3 is 0 Å². The molecule has 1 unspecified atom stereocenters. The lowest BCUT2D eigenvalue weighted by atomic mass is 10.1. The maximum atomic E-state index is 12.6. The third-order valence-electron chi connectivity index (χ3n) is 5.63.